The van der Waals surface area contributed by atoms with Crippen LogP contribution < -0.4 is 5.32 Å². The summed E-state index contributed by atoms with van der Waals surface area (Å²) >= 11 is 3.99. The molecule has 15 heavy (non-hydrogen) atoms. The standard InChI is InChI=1S/C9H19NO2S3/c1-2-15(11,12)6-3-10-7-9-8-13-4-5-14-9/h9-10H,2-8H2,1H3. The van der Waals surface area contributed by atoms with Crippen molar-refractivity contribution in [1.82, 2.24) is 5.32 Å². The summed E-state index contributed by atoms with van der Waals surface area (Å²) in [6.07, 6.45) is 0. The maximum absolute atomic E-state index is 11.2. The van der Waals surface area contributed by atoms with Gasteiger partial charge in [0.1, 0.15) is 0 Å². The van der Waals surface area contributed by atoms with Gasteiger partial charge in [-0.3, -0.25) is 0 Å². The van der Waals surface area contributed by atoms with Crippen LogP contribution in [0.4, 0.5) is 0 Å². The van der Waals surface area contributed by atoms with Crippen LogP contribution in [0.3, 0.4) is 0 Å². The van der Waals surface area contributed by atoms with Crippen molar-refractivity contribution in [3.8, 4) is 0 Å². The van der Waals surface area contributed by atoms with Crippen LogP contribution in [0, 0.1) is 0 Å². The summed E-state index contributed by atoms with van der Waals surface area (Å²) < 4.78 is 22.4. The van der Waals surface area contributed by atoms with E-state index in [-0.39, 0.29) is 11.5 Å². The zero-order valence-electron chi connectivity index (χ0n) is 9.07. The molecule has 0 saturated carbocycles. The molecule has 1 heterocycles. The summed E-state index contributed by atoms with van der Waals surface area (Å²) in [7, 11) is -2.80. The van der Waals surface area contributed by atoms with Gasteiger partial charge in [-0.25, -0.2) is 8.42 Å². The summed E-state index contributed by atoms with van der Waals surface area (Å²) in [5.74, 6) is 4.20. The van der Waals surface area contributed by atoms with Gasteiger partial charge >= 0.3 is 0 Å². The van der Waals surface area contributed by atoms with E-state index in [2.05, 4.69) is 5.32 Å². The maximum atomic E-state index is 11.2. The lowest BCUT2D eigenvalue weighted by atomic mass is 10.4. The Morgan fingerprint density at radius 1 is 1.40 bits per heavy atom. The quantitative estimate of drug-likeness (QED) is 0.725. The van der Waals surface area contributed by atoms with Crippen molar-refractivity contribution in [2.75, 3.05) is 41.9 Å². The predicted octanol–water partition coefficient (Wildman–Crippen LogP) is 0.859. The molecule has 1 aliphatic heterocycles. The van der Waals surface area contributed by atoms with Gasteiger partial charge in [-0.05, 0) is 0 Å². The minimum Gasteiger partial charge on any atom is -0.315 e. The molecule has 1 aliphatic rings. The molecule has 0 aromatic heterocycles. The third kappa shape index (κ3) is 6.04. The third-order valence-electron chi connectivity index (χ3n) is 2.29. The molecule has 1 atom stereocenters. The average Bonchev–Trinajstić information content (AvgIpc) is 2.26. The summed E-state index contributed by atoms with van der Waals surface area (Å²) in [6.45, 7) is 3.23. The highest BCUT2D eigenvalue weighted by Gasteiger charge is 2.14. The van der Waals surface area contributed by atoms with Gasteiger partial charge in [0.05, 0.1) is 5.75 Å². The molecule has 6 heteroatoms. The molecule has 1 fully saturated rings. The van der Waals surface area contributed by atoms with Gasteiger partial charge in [0.25, 0.3) is 0 Å². The van der Waals surface area contributed by atoms with Crippen LogP contribution in [-0.2, 0) is 9.84 Å². The Kier molecular flexibility index (Phi) is 6.42. The van der Waals surface area contributed by atoms with Crippen molar-refractivity contribution in [2.24, 2.45) is 0 Å². The molecule has 3 nitrogen and oxygen atoms in total. The number of sulfone groups is 1. The molecule has 0 aromatic carbocycles. The van der Waals surface area contributed by atoms with E-state index >= 15 is 0 Å². The van der Waals surface area contributed by atoms with E-state index in [1.807, 2.05) is 23.5 Å². The Labute approximate surface area is 101 Å². The lowest BCUT2D eigenvalue weighted by molar-refractivity contribution is 0.592. The molecular weight excluding hydrogens is 250 g/mol. The number of nitrogens with one attached hydrogen (secondary N) is 1. The fraction of sp³-hybridized carbons (Fsp3) is 1.00. The lowest BCUT2D eigenvalue weighted by Gasteiger charge is -2.21. The summed E-state index contributed by atoms with van der Waals surface area (Å²) in [4.78, 5) is 0. The summed E-state index contributed by atoms with van der Waals surface area (Å²) in [5.41, 5.74) is 0. The Balaban J connectivity index is 2.06. The van der Waals surface area contributed by atoms with E-state index in [0.717, 1.165) is 6.54 Å². The third-order valence-corrected chi connectivity index (χ3v) is 6.84. The topological polar surface area (TPSA) is 46.2 Å². The second-order valence-electron chi connectivity index (χ2n) is 3.51. The highest BCUT2D eigenvalue weighted by atomic mass is 32.2. The summed E-state index contributed by atoms with van der Waals surface area (Å²) in [5, 5.41) is 3.89. The highest BCUT2D eigenvalue weighted by Crippen LogP contribution is 2.23. The van der Waals surface area contributed by atoms with Crippen LogP contribution >= 0.6 is 23.5 Å². The van der Waals surface area contributed by atoms with Gasteiger partial charge in [0.15, 0.2) is 9.84 Å². The number of rotatable bonds is 6. The van der Waals surface area contributed by atoms with Gasteiger partial charge in [-0.1, -0.05) is 6.92 Å². The molecule has 0 spiro atoms. The molecule has 0 bridgehead atoms. The molecule has 1 unspecified atom stereocenters. The van der Waals surface area contributed by atoms with Gasteiger partial charge in [-0.15, -0.1) is 0 Å². The van der Waals surface area contributed by atoms with E-state index in [1.54, 1.807) is 6.92 Å². The first kappa shape index (κ1) is 13.7. The largest absolute Gasteiger partial charge is 0.315 e. The van der Waals surface area contributed by atoms with E-state index in [1.165, 1.54) is 17.3 Å². The second-order valence-corrected chi connectivity index (χ2v) is 8.54. The van der Waals surface area contributed by atoms with Crippen LogP contribution in [0.1, 0.15) is 6.92 Å². The Bertz CT molecular complexity index is 261. The minimum absolute atomic E-state index is 0.253. The first-order valence-corrected chi connectivity index (χ1v) is 9.27. The van der Waals surface area contributed by atoms with Crippen molar-refractivity contribution in [2.45, 2.75) is 12.2 Å². The predicted molar refractivity (Wildman–Crippen MR) is 70.8 cm³/mol. The minimum atomic E-state index is -2.80. The SMILES string of the molecule is CCS(=O)(=O)CCNCC1CSCCS1. The fourth-order valence-corrected chi connectivity index (χ4v) is 4.68. The van der Waals surface area contributed by atoms with Gasteiger partial charge in [0, 0.05) is 41.4 Å². The molecule has 1 saturated heterocycles. The van der Waals surface area contributed by atoms with Gasteiger partial charge in [-0.2, -0.15) is 23.5 Å². The number of thioether (sulfide) groups is 2. The monoisotopic (exact) mass is 269 g/mol. The normalized spacial score (nSPS) is 22.9. The highest BCUT2D eigenvalue weighted by molar-refractivity contribution is 8.06. The Hall–Kier alpha value is 0.610. The van der Waals surface area contributed by atoms with E-state index in [9.17, 15) is 8.42 Å². The molecule has 0 amide bonds. The molecular formula is C9H19NO2S3. The average molecular weight is 269 g/mol. The first-order valence-electron chi connectivity index (χ1n) is 5.24. The Morgan fingerprint density at radius 2 is 2.20 bits per heavy atom. The van der Waals surface area contributed by atoms with E-state index in [4.69, 9.17) is 0 Å². The van der Waals surface area contributed by atoms with Crippen LogP contribution in [0.5, 0.6) is 0 Å². The van der Waals surface area contributed by atoms with Crippen molar-refractivity contribution in [1.29, 1.82) is 0 Å². The molecule has 1 rings (SSSR count). The van der Waals surface area contributed by atoms with Crippen LogP contribution in [0.2, 0.25) is 0 Å². The smallest absolute Gasteiger partial charge is 0.151 e. The van der Waals surface area contributed by atoms with Crippen LogP contribution in [-0.4, -0.2) is 55.5 Å². The number of hydrogen-bond acceptors (Lipinski definition) is 5. The zero-order valence-corrected chi connectivity index (χ0v) is 11.5. The fourth-order valence-electron chi connectivity index (χ4n) is 1.29. The van der Waals surface area contributed by atoms with Crippen LogP contribution in [0.25, 0.3) is 0 Å². The molecule has 90 valence electrons. The van der Waals surface area contributed by atoms with E-state index < -0.39 is 9.84 Å². The second kappa shape index (κ2) is 7.04. The first-order chi connectivity index (χ1) is 7.14. The van der Waals surface area contributed by atoms with Crippen LogP contribution in [0.15, 0.2) is 0 Å². The van der Waals surface area contributed by atoms with Crippen molar-refractivity contribution >= 4 is 33.4 Å². The van der Waals surface area contributed by atoms with Gasteiger partial charge < -0.3 is 5.32 Å². The number of hydrogen-bond donors (Lipinski definition) is 1. The van der Waals surface area contributed by atoms with Crippen molar-refractivity contribution in [3.05, 3.63) is 0 Å². The van der Waals surface area contributed by atoms with Crippen molar-refractivity contribution in [3.63, 3.8) is 0 Å². The molecule has 0 aliphatic carbocycles. The zero-order chi connectivity index (χ0) is 11.1. The van der Waals surface area contributed by atoms with Gasteiger partial charge in [0.2, 0.25) is 0 Å². The van der Waals surface area contributed by atoms with E-state index in [0.29, 0.717) is 11.8 Å². The molecule has 1 N–H and O–H groups in total. The van der Waals surface area contributed by atoms with Crippen molar-refractivity contribution < 1.29 is 8.42 Å². The maximum Gasteiger partial charge on any atom is 0.151 e. The lowest BCUT2D eigenvalue weighted by Crippen LogP contribution is -2.32. The summed E-state index contributed by atoms with van der Waals surface area (Å²) in [6, 6.07) is 0. The Morgan fingerprint density at radius 3 is 2.80 bits per heavy atom. The molecule has 0 radical (unpaired) electrons. The molecule has 0 aromatic rings.